The smallest absolute Gasteiger partial charge is 0.165 e. The number of hydrogen-bond acceptors (Lipinski definition) is 3. The normalized spacial score (nSPS) is 10.9. The third kappa shape index (κ3) is 2.52. The zero-order valence-electron chi connectivity index (χ0n) is 10.9. The average molecular weight is 307 g/mol. The molecule has 0 aliphatic heterocycles. The molecule has 0 radical (unpaired) electrons. The zero-order valence-corrected chi connectivity index (χ0v) is 11.7. The number of rotatable bonds is 2. The summed E-state index contributed by atoms with van der Waals surface area (Å²) in [6.45, 7) is 0. The van der Waals surface area contributed by atoms with Crippen molar-refractivity contribution in [2.45, 2.75) is 0 Å². The predicted molar refractivity (Wildman–Crippen MR) is 76.5 cm³/mol. The largest absolute Gasteiger partial charge is 0.494 e. The fourth-order valence-corrected chi connectivity index (χ4v) is 2.24. The Labute approximate surface area is 124 Å². The number of benzene rings is 2. The van der Waals surface area contributed by atoms with Crippen LogP contribution in [0.1, 0.15) is 0 Å². The van der Waals surface area contributed by atoms with Gasteiger partial charge in [0.1, 0.15) is 11.0 Å². The Morgan fingerprint density at radius 3 is 2.57 bits per heavy atom. The van der Waals surface area contributed by atoms with Gasteiger partial charge in [-0.3, -0.25) is 0 Å². The average Bonchev–Trinajstić information content (AvgIpc) is 2.46. The second kappa shape index (κ2) is 5.26. The number of nitrogens with zero attached hydrogens (tertiary/aromatic N) is 2. The summed E-state index contributed by atoms with van der Waals surface area (Å²) >= 11 is 6.07. The molecule has 21 heavy (non-hydrogen) atoms. The molecule has 106 valence electrons. The first kappa shape index (κ1) is 13.7. The summed E-state index contributed by atoms with van der Waals surface area (Å²) in [5.74, 6) is -0.616. The van der Waals surface area contributed by atoms with Gasteiger partial charge in [-0.15, -0.1) is 0 Å². The minimum atomic E-state index is -0.533. The van der Waals surface area contributed by atoms with Gasteiger partial charge in [0.05, 0.1) is 12.6 Å². The molecule has 0 unspecified atom stereocenters. The van der Waals surface area contributed by atoms with Crippen molar-refractivity contribution in [2.75, 3.05) is 7.11 Å². The highest BCUT2D eigenvalue weighted by Gasteiger charge is 2.11. The van der Waals surface area contributed by atoms with Gasteiger partial charge >= 0.3 is 0 Å². The van der Waals surface area contributed by atoms with Gasteiger partial charge in [0.25, 0.3) is 0 Å². The number of aromatic nitrogens is 2. The fourth-order valence-electron chi connectivity index (χ4n) is 2.00. The third-order valence-corrected chi connectivity index (χ3v) is 3.31. The van der Waals surface area contributed by atoms with Gasteiger partial charge in [-0.1, -0.05) is 11.6 Å². The maximum Gasteiger partial charge on any atom is 0.165 e. The Bertz CT molecular complexity index is 839. The van der Waals surface area contributed by atoms with Crippen LogP contribution in [0.2, 0.25) is 5.15 Å². The summed E-state index contributed by atoms with van der Waals surface area (Å²) in [7, 11) is 1.38. The van der Waals surface area contributed by atoms with Crippen molar-refractivity contribution in [1.82, 2.24) is 9.97 Å². The lowest BCUT2D eigenvalue weighted by Crippen LogP contribution is -1.94. The molecule has 0 aliphatic rings. The molecule has 0 fully saturated rings. The van der Waals surface area contributed by atoms with Crippen LogP contribution in [0.4, 0.5) is 8.78 Å². The molecule has 0 atom stereocenters. The van der Waals surface area contributed by atoms with Crippen LogP contribution in [0.5, 0.6) is 5.75 Å². The number of ether oxygens (including phenoxy) is 1. The molecule has 0 aliphatic carbocycles. The highest BCUT2D eigenvalue weighted by molar-refractivity contribution is 6.34. The van der Waals surface area contributed by atoms with Crippen LogP contribution >= 0.6 is 11.6 Å². The number of fused-ring (bicyclic) bond motifs is 1. The van der Waals surface area contributed by atoms with E-state index in [0.717, 1.165) is 0 Å². The first-order chi connectivity index (χ1) is 10.1. The Morgan fingerprint density at radius 1 is 1.05 bits per heavy atom. The van der Waals surface area contributed by atoms with Crippen molar-refractivity contribution >= 4 is 22.5 Å². The molecule has 0 amide bonds. The van der Waals surface area contributed by atoms with Crippen LogP contribution in [0.15, 0.2) is 36.4 Å². The molecule has 0 N–H and O–H groups in total. The van der Waals surface area contributed by atoms with Crippen LogP contribution in [-0.2, 0) is 0 Å². The second-order valence-electron chi connectivity index (χ2n) is 4.35. The molecule has 0 spiro atoms. The van der Waals surface area contributed by atoms with E-state index in [1.165, 1.54) is 37.4 Å². The van der Waals surface area contributed by atoms with E-state index in [1.807, 2.05) is 0 Å². The van der Waals surface area contributed by atoms with Crippen molar-refractivity contribution in [3.05, 3.63) is 53.2 Å². The van der Waals surface area contributed by atoms with Crippen LogP contribution in [0.25, 0.3) is 22.3 Å². The molecular weight excluding hydrogens is 298 g/mol. The SMILES string of the molecule is COc1ccc(-c2nc(Cl)c3ccc(F)cc3n2)cc1F. The summed E-state index contributed by atoms with van der Waals surface area (Å²) in [6.07, 6.45) is 0. The number of halogens is 3. The van der Waals surface area contributed by atoms with Gasteiger partial charge in [0.2, 0.25) is 0 Å². The fraction of sp³-hybridized carbons (Fsp3) is 0.0667. The van der Waals surface area contributed by atoms with Gasteiger partial charge < -0.3 is 4.74 Å². The van der Waals surface area contributed by atoms with Crippen LogP contribution in [0, 0.1) is 11.6 Å². The minimum Gasteiger partial charge on any atom is -0.494 e. The van der Waals surface area contributed by atoms with E-state index in [4.69, 9.17) is 16.3 Å². The summed E-state index contributed by atoms with van der Waals surface area (Å²) < 4.78 is 31.9. The van der Waals surface area contributed by atoms with Gasteiger partial charge in [-0.2, -0.15) is 0 Å². The second-order valence-corrected chi connectivity index (χ2v) is 4.71. The van der Waals surface area contributed by atoms with E-state index >= 15 is 0 Å². The number of hydrogen-bond donors (Lipinski definition) is 0. The molecule has 0 saturated carbocycles. The Kier molecular flexibility index (Phi) is 3.43. The van der Waals surface area contributed by atoms with Crippen molar-refractivity contribution in [1.29, 1.82) is 0 Å². The number of methoxy groups -OCH3 is 1. The molecule has 0 saturated heterocycles. The molecule has 0 bridgehead atoms. The molecule has 3 rings (SSSR count). The topological polar surface area (TPSA) is 35.0 Å². The first-order valence-electron chi connectivity index (χ1n) is 6.05. The molecule has 2 aromatic carbocycles. The van der Waals surface area contributed by atoms with E-state index in [2.05, 4.69) is 9.97 Å². The highest BCUT2D eigenvalue weighted by Crippen LogP contribution is 2.27. The molecule has 1 heterocycles. The summed E-state index contributed by atoms with van der Waals surface area (Å²) in [6, 6.07) is 8.37. The van der Waals surface area contributed by atoms with Gasteiger partial charge in [0.15, 0.2) is 17.4 Å². The molecule has 1 aromatic heterocycles. The lowest BCUT2D eigenvalue weighted by molar-refractivity contribution is 0.386. The first-order valence-corrected chi connectivity index (χ1v) is 6.43. The predicted octanol–water partition coefficient (Wildman–Crippen LogP) is 4.24. The van der Waals surface area contributed by atoms with Crippen molar-refractivity contribution in [2.24, 2.45) is 0 Å². The maximum absolute atomic E-state index is 13.7. The van der Waals surface area contributed by atoms with E-state index in [1.54, 1.807) is 6.07 Å². The minimum absolute atomic E-state index is 0.122. The van der Waals surface area contributed by atoms with Crippen LogP contribution in [0.3, 0.4) is 0 Å². The maximum atomic E-state index is 13.7. The van der Waals surface area contributed by atoms with Gasteiger partial charge in [0, 0.05) is 17.0 Å². The molecule has 6 heteroatoms. The standard InChI is InChI=1S/C15H9ClF2N2O/c1-21-13-5-2-8(6-11(13)18)15-19-12-7-9(17)3-4-10(12)14(16)20-15/h2-7H,1H3. The molecule has 3 nitrogen and oxygen atoms in total. The van der Waals surface area contributed by atoms with Crippen LogP contribution in [-0.4, -0.2) is 17.1 Å². The summed E-state index contributed by atoms with van der Waals surface area (Å²) in [5.41, 5.74) is 0.794. The molecule has 3 aromatic rings. The van der Waals surface area contributed by atoms with E-state index in [0.29, 0.717) is 16.5 Å². The molecular formula is C15H9ClF2N2O. The Hall–Kier alpha value is -2.27. The summed E-state index contributed by atoms with van der Waals surface area (Å²) in [4.78, 5) is 8.34. The van der Waals surface area contributed by atoms with E-state index in [9.17, 15) is 8.78 Å². The van der Waals surface area contributed by atoms with E-state index < -0.39 is 11.6 Å². The van der Waals surface area contributed by atoms with E-state index in [-0.39, 0.29) is 16.7 Å². The third-order valence-electron chi connectivity index (χ3n) is 3.02. The van der Waals surface area contributed by atoms with Crippen molar-refractivity contribution < 1.29 is 13.5 Å². The van der Waals surface area contributed by atoms with Crippen molar-refractivity contribution in [3.8, 4) is 17.1 Å². The highest BCUT2D eigenvalue weighted by atomic mass is 35.5. The Balaban J connectivity index is 2.18. The quantitative estimate of drug-likeness (QED) is 0.664. The zero-order chi connectivity index (χ0) is 15.0. The Morgan fingerprint density at radius 2 is 1.86 bits per heavy atom. The summed E-state index contributed by atoms with van der Waals surface area (Å²) in [5, 5.41) is 0.724. The van der Waals surface area contributed by atoms with Gasteiger partial charge in [-0.05, 0) is 30.3 Å². The lowest BCUT2D eigenvalue weighted by atomic mass is 10.1. The van der Waals surface area contributed by atoms with Gasteiger partial charge in [-0.25, -0.2) is 18.7 Å². The lowest BCUT2D eigenvalue weighted by Gasteiger charge is -2.06. The van der Waals surface area contributed by atoms with Crippen molar-refractivity contribution in [3.63, 3.8) is 0 Å². The van der Waals surface area contributed by atoms with Crippen LogP contribution < -0.4 is 4.74 Å². The monoisotopic (exact) mass is 306 g/mol.